The van der Waals surface area contributed by atoms with E-state index in [2.05, 4.69) is 16.9 Å². The Kier molecular flexibility index (Phi) is 3.58. The Balaban J connectivity index is 2.34. The van der Waals surface area contributed by atoms with Crippen LogP contribution in [0.5, 0.6) is 0 Å². The van der Waals surface area contributed by atoms with Crippen LogP contribution in [0, 0.1) is 5.92 Å². The molecule has 1 saturated heterocycles. The van der Waals surface area contributed by atoms with E-state index >= 15 is 0 Å². The molecule has 1 amide bonds. The van der Waals surface area contributed by atoms with Gasteiger partial charge in [-0.3, -0.25) is 4.79 Å². The van der Waals surface area contributed by atoms with E-state index in [1.807, 2.05) is 0 Å². The van der Waals surface area contributed by atoms with Crippen LogP contribution in [0.1, 0.15) is 19.8 Å². The smallest absolute Gasteiger partial charge is 0.222 e. The predicted octanol–water partition coefficient (Wildman–Crippen LogP) is 1.56. The zero-order valence-electron chi connectivity index (χ0n) is 7.81. The van der Waals surface area contributed by atoms with Gasteiger partial charge in [0.1, 0.15) is 0 Å². The van der Waals surface area contributed by atoms with Crippen molar-refractivity contribution < 1.29 is 4.79 Å². The molecule has 0 radical (unpaired) electrons. The molecule has 1 fully saturated rings. The average molecular weight is 182 g/mol. The predicted molar refractivity (Wildman–Crippen MR) is 49.0 cm³/mol. The largest absolute Gasteiger partial charge is 0.342 e. The maximum absolute atomic E-state index is 11.3. The lowest BCUT2D eigenvalue weighted by atomic mass is 10.1. The fraction of sp³-hybridized carbons (Fsp3) is 0.875. The van der Waals surface area contributed by atoms with Gasteiger partial charge in [0.2, 0.25) is 5.91 Å². The van der Waals surface area contributed by atoms with Crippen LogP contribution in [0.4, 0.5) is 0 Å². The molecule has 72 valence electrons. The first kappa shape index (κ1) is 9.86. The lowest BCUT2D eigenvalue weighted by Crippen LogP contribution is -2.27. The van der Waals surface area contributed by atoms with Crippen molar-refractivity contribution in [2.45, 2.75) is 19.8 Å². The minimum Gasteiger partial charge on any atom is -0.342 e. The third-order valence-electron chi connectivity index (χ3n) is 2.41. The molecule has 0 saturated carbocycles. The van der Waals surface area contributed by atoms with Gasteiger partial charge in [-0.25, -0.2) is 0 Å². The second-order valence-corrected chi connectivity index (χ2v) is 3.27. The maximum Gasteiger partial charge on any atom is 0.222 e. The van der Waals surface area contributed by atoms with Gasteiger partial charge in [-0.05, 0) is 11.4 Å². The molecule has 0 aromatic rings. The van der Waals surface area contributed by atoms with Crippen molar-refractivity contribution >= 4 is 5.91 Å². The zero-order chi connectivity index (χ0) is 9.68. The molecule has 5 nitrogen and oxygen atoms in total. The van der Waals surface area contributed by atoms with Crippen LogP contribution in [-0.4, -0.2) is 30.4 Å². The van der Waals surface area contributed by atoms with E-state index in [-0.39, 0.29) is 5.91 Å². The molecule has 0 aromatic heterocycles. The van der Waals surface area contributed by atoms with E-state index in [0.717, 1.165) is 13.0 Å². The quantitative estimate of drug-likeness (QED) is 0.369. The number of azide groups is 1. The molecule has 1 aliphatic heterocycles. The summed E-state index contributed by atoms with van der Waals surface area (Å²) in [5.74, 6) is 0.693. The van der Waals surface area contributed by atoms with Crippen molar-refractivity contribution in [3.05, 3.63) is 10.4 Å². The van der Waals surface area contributed by atoms with Gasteiger partial charge in [-0.1, -0.05) is 18.5 Å². The molecular weight excluding hydrogens is 168 g/mol. The van der Waals surface area contributed by atoms with Gasteiger partial charge in [-0.2, -0.15) is 0 Å². The van der Waals surface area contributed by atoms with Crippen LogP contribution < -0.4 is 0 Å². The molecule has 0 aromatic carbocycles. The summed E-state index contributed by atoms with van der Waals surface area (Å²) in [5, 5.41) is 3.41. The Bertz CT molecular complexity index is 234. The molecule has 1 rings (SSSR count). The van der Waals surface area contributed by atoms with Gasteiger partial charge in [0.15, 0.2) is 0 Å². The van der Waals surface area contributed by atoms with Crippen molar-refractivity contribution in [3.63, 3.8) is 0 Å². The molecule has 1 atom stereocenters. The fourth-order valence-electron chi connectivity index (χ4n) is 1.55. The lowest BCUT2D eigenvalue weighted by Gasteiger charge is -2.14. The van der Waals surface area contributed by atoms with E-state index in [1.54, 1.807) is 4.90 Å². The highest BCUT2D eigenvalue weighted by Crippen LogP contribution is 2.19. The first-order valence-corrected chi connectivity index (χ1v) is 4.56. The molecule has 5 heteroatoms. The Morgan fingerprint density at radius 1 is 1.77 bits per heavy atom. The molecule has 1 heterocycles. The van der Waals surface area contributed by atoms with Crippen LogP contribution in [0.2, 0.25) is 0 Å². The van der Waals surface area contributed by atoms with Crippen molar-refractivity contribution in [1.82, 2.24) is 4.90 Å². The second-order valence-electron chi connectivity index (χ2n) is 3.27. The number of likely N-dealkylation sites (tertiary alicyclic amines) is 1. The lowest BCUT2D eigenvalue weighted by molar-refractivity contribution is -0.127. The van der Waals surface area contributed by atoms with E-state index < -0.39 is 0 Å². The maximum atomic E-state index is 11.3. The molecular formula is C8H14N4O. The van der Waals surface area contributed by atoms with Crippen molar-refractivity contribution in [3.8, 4) is 0 Å². The highest BCUT2D eigenvalue weighted by atomic mass is 16.2. The van der Waals surface area contributed by atoms with Gasteiger partial charge in [0.05, 0.1) is 0 Å². The van der Waals surface area contributed by atoms with Crippen molar-refractivity contribution in [2.24, 2.45) is 11.0 Å². The summed E-state index contributed by atoms with van der Waals surface area (Å²) in [4.78, 5) is 15.8. The topological polar surface area (TPSA) is 69.1 Å². The minimum absolute atomic E-state index is 0.194. The van der Waals surface area contributed by atoms with Crippen LogP contribution in [0.15, 0.2) is 5.11 Å². The highest BCUT2D eigenvalue weighted by molar-refractivity contribution is 5.78. The number of hydrogen-bond acceptors (Lipinski definition) is 2. The van der Waals surface area contributed by atoms with E-state index in [4.69, 9.17) is 5.53 Å². The van der Waals surface area contributed by atoms with Crippen LogP contribution in [0.25, 0.3) is 10.4 Å². The zero-order valence-corrected chi connectivity index (χ0v) is 7.81. The molecule has 0 N–H and O–H groups in total. The van der Waals surface area contributed by atoms with Crippen molar-refractivity contribution in [1.29, 1.82) is 0 Å². The SMILES string of the molecule is CCC1CC(=O)N(CCN=[N+]=[N-])C1. The number of hydrogen-bond donors (Lipinski definition) is 0. The molecule has 0 bridgehead atoms. The van der Waals surface area contributed by atoms with Gasteiger partial charge in [0, 0.05) is 31.0 Å². The molecule has 1 aliphatic rings. The first-order chi connectivity index (χ1) is 6.27. The Hall–Kier alpha value is -1.22. The summed E-state index contributed by atoms with van der Waals surface area (Å²) >= 11 is 0. The van der Waals surface area contributed by atoms with E-state index in [1.165, 1.54) is 0 Å². The number of carbonyl (C=O) groups excluding carboxylic acids is 1. The summed E-state index contributed by atoms with van der Waals surface area (Å²) in [6.07, 6.45) is 1.70. The third kappa shape index (κ3) is 2.63. The van der Waals surface area contributed by atoms with Gasteiger partial charge >= 0.3 is 0 Å². The third-order valence-corrected chi connectivity index (χ3v) is 2.41. The number of amides is 1. The summed E-state index contributed by atoms with van der Waals surface area (Å²) in [6.45, 7) is 3.88. The first-order valence-electron chi connectivity index (χ1n) is 4.56. The summed E-state index contributed by atoms with van der Waals surface area (Å²) in [5.41, 5.74) is 8.06. The van der Waals surface area contributed by atoms with Crippen LogP contribution >= 0.6 is 0 Å². The Morgan fingerprint density at radius 2 is 2.54 bits per heavy atom. The number of rotatable bonds is 4. The summed E-state index contributed by atoms with van der Waals surface area (Å²) in [7, 11) is 0. The van der Waals surface area contributed by atoms with Gasteiger partial charge in [-0.15, -0.1) is 0 Å². The monoisotopic (exact) mass is 182 g/mol. The standard InChI is InChI=1S/C8H14N4O/c1-2-7-5-8(13)12(6-7)4-3-10-11-9/h7H,2-6H2,1H3. The Morgan fingerprint density at radius 3 is 3.08 bits per heavy atom. The summed E-state index contributed by atoms with van der Waals surface area (Å²) in [6, 6.07) is 0. The summed E-state index contributed by atoms with van der Waals surface area (Å²) < 4.78 is 0. The second kappa shape index (κ2) is 4.72. The number of nitrogens with zero attached hydrogens (tertiary/aromatic N) is 4. The normalized spacial score (nSPS) is 21.8. The van der Waals surface area contributed by atoms with E-state index in [0.29, 0.717) is 25.4 Å². The number of carbonyl (C=O) groups is 1. The molecule has 13 heavy (non-hydrogen) atoms. The average Bonchev–Trinajstić information content (AvgIpc) is 2.48. The Labute approximate surface area is 77.3 Å². The van der Waals surface area contributed by atoms with Gasteiger partial charge in [0.25, 0.3) is 0 Å². The minimum atomic E-state index is 0.194. The molecule has 1 unspecified atom stereocenters. The molecule has 0 spiro atoms. The van der Waals surface area contributed by atoms with Crippen LogP contribution in [-0.2, 0) is 4.79 Å². The van der Waals surface area contributed by atoms with Crippen LogP contribution in [0.3, 0.4) is 0 Å². The van der Waals surface area contributed by atoms with Crippen molar-refractivity contribution in [2.75, 3.05) is 19.6 Å². The highest BCUT2D eigenvalue weighted by Gasteiger charge is 2.27. The van der Waals surface area contributed by atoms with E-state index in [9.17, 15) is 4.79 Å². The molecule has 0 aliphatic carbocycles. The van der Waals surface area contributed by atoms with Gasteiger partial charge < -0.3 is 4.90 Å². The fourth-order valence-corrected chi connectivity index (χ4v) is 1.55.